The molecule has 1 unspecified atom stereocenters. The highest BCUT2D eigenvalue weighted by Crippen LogP contribution is 2.38. The van der Waals surface area contributed by atoms with E-state index in [1.54, 1.807) is 25.7 Å². The lowest BCUT2D eigenvalue weighted by molar-refractivity contribution is 0.0526. The van der Waals surface area contributed by atoms with Crippen molar-refractivity contribution in [2.75, 3.05) is 38.9 Å². The van der Waals surface area contributed by atoms with Gasteiger partial charge in [0.05, 0.1) is 44.0 Å². The van der Waals surface area contributed by atoms with Crippen LogP contribution in [0.25, 0.3) is 27.4 Å². The first kappa shape index (κ1) is 26.0. The summed E-state index contributed by atoms with van der Waals surface area (Å²) in [5, 5.41) is 5.74. The molecule has 4 heterocycles. The quantitative estimate of drug-likeness (QED) is 0.205. The first-order chi connectivity index (χ1) is 19.6. The number of benzene rings is 2. The smallest absolute Gasteiger partial charge is 0.338 e. The SMILES string of the molecule is CCOC(=O)c1ccc(N2CCCCC2COc2cc(OC)cc3oc(-c4cn5nc(OC)sc5n4)cc23)cc1. The van der Waals surface area contributed by atoms with E-state index in [1.807, 2.05) is 48.7 Å². The molecule has 0 aliphatic carbocycles. The van der Waals surface area contributed by atoms with Gasteiger partial charge in [0, 0.05) is 24.4 Å². The molecule has 11 heteroatoms. The van der Waals surface area contributed by atoms with Crippen molar-refractivity contribution in [1.82, 2.24) is 14.6 Å². The van der Waals surface area contributed by atoms with E-state index in [0.29, 0.717) is 57.5 Å². The molecule has 0 N–H and O–H groups in total. The third-order valence-corrected chi connectivity index (χ3v) is 7.91. The highest BCUT2D eigenvalue weighted by atomic mass is 32.1. The highest BCUT2D eigenvalue weighted by molar-refractivity contribution is 7.18. The van der Waals surface area contributed by atoms with E-state index in [-0.39, 0.29) is 12.0 Å². The number of fused-ring (bicyclic) bond motifs is 2. The van der Waals surface area contributed by atoms with E-state index in [9.17, 15) is 4.79 Å². The van der Waals surface area contributed by atoms with Gasteiger partial charge in [-0.05, 0) is 67.9 Å². The maximum Gasteiger partial charge on any atom is 0.338 e. The molecule has 5 aromatic rings. The molecule has 2 aromatic carbocycles. The van der Waals surface area contributed by atoms with Gasteiger partial charge in [-0.25, -0.2) is 14.3 Å². The molecule has 1 fully saturated rings. The zero-order valence-corrected chi connectivity index (χ0v) is 23.4. The van der Waals surface area contributed by atoms with Crippen LogP contribution >= 0.6 is 11.3 Å². The molecule has 0 radical (unpaired) electrons. The normalized spacial score (nSPS) is 15.5. The molecule has 1 atom stereocenters. The summed E-state index contributed by atoms with van der Waals surface area (Å²) in [5.41, 5.74) is 2.94. The average Bonchev–Trinajstić information content (AvgIpc) is 3.69. The molecule has 208 valence electrons. The Balaban J connectivity index is 1.24. The van der Waals surface area contributed by atoms with E-state index in [0.717, 1.165) is 36.9 Å². The first-order valence-corrected chi connectivity index (χ1v) is 14.1. The third-order valence-electron chi connectivity index (χ3n) is 7.03. The van der Waals surface area contributed by atoms with Crippen molar-refractivity contribution in [2.45, 2.75) is 32.2 Å². The lowest BCUT2D eigenvalue weighted by Crippen LogP contribution is -2.43. The van der Waals surface area contributed by atoms with Gasteiger partial charge in [-0.15, -0.1) is 5.10 Å². The molecule has 40 heavy (non-hydrogen) atoms. The van der Waals surface area contributed by atoms with Crippen molar-refractivity contribution < 1.29 is 28.2 Å². The molecule has 0 amide bonds. The minimum Gasteiger partial charge on any atom is -0.496 e. The fourth-order valence-corrected chi connectivity index (χ4v) is 5.73. The molecule has 1 aliphatic rings. The van der Waals surface area contributed by atoms with Crippen LogP contribution in [-0.4, -0.2) is 60.6 Å². The number of ether oxygens (including phenoxy) is 4. The van der Waals surface area contributed by atoms with Crippen LogP contribution in [0.4, 0.5) is 5.69 Å². The molecule has 1 aliphatic heterocycles. The molecule has 1 saturated heterocycles. The second kappa shape index (κ2) is 11.1. The molecule has 0 spiro atoms. The Kier molecular flexibility index (Phi) is 7.21. The molecule has 10 nitrogen and oxygen atoms in total. The fraction of sp³-hybridized carbons (Fsp3) is 0.345. The maximum atomic E-state index is 12.1. The lowest BCUT2D eigenvalue weighted by atomic mass is 10.0. The Morgan fingerprint density at radius 1 is 1.12 bits per heavy atom. The van der Waals surface area contributed by atoms with Crippen LogP contribution < -0.4 is 19.1 Å². The van der Waals surface area contributed by atoms with Crippen molar-refractivity contribution in [3.8, 4) is 28.1 Å². The van der Waals surface area contributed by atoms with Gasteiger partial charge in [-0.1, -0.05) is 0 Å². The second-order valence-electron chi connectivity index (χ2n) is 9.49. The standard InChI is InChI=1S/C29H30N4O6S/c1-4-37-27(34)18-8-10-19(11-9-18)32-12-6-5-7-20(32)17-38-24-13-21(35-2)14-25-22(24)15-26(39-25)23-16-33-28(30-23)40-29(31-33)36-3/h8-11,13-16,20H,4-7,12,17H2,1-3H3. The van der Waals surface area contributed by atoms with Crippen LogP contribution in [0.2, 0.25) is 0 Å². The topological polar surface area (TPSA) is 101 Å². The minimum atomic E-state index is -0.305. The predicted octanol–water partition coefficient (Wildman–Crippen LogP) is 5.84. The van der Waals surface area contributed by atoms with Gasteiger partial charge in [0.1, 0.15) is 29.4 Å². The Morgan fingerprint density at radius 3 is 2.73 bits per heavy atom. The van der Waals surface area contributed by atoms with Crippen LogP contribution in [0.5, 0.6) is 16.7 Å². The van der Waals surface area contributed by atoms with Gasteiger partial charge in [-0.3, -0.25) is 0 Å². The Morgan fingerprint density at radius 2 is 1.98 bits per heavy atom. The summed E-state index contributed by atoms with van der Waals surface area (Å²) >= 11 is 1.36. The number of hydrogen-bond donors (Lipinski definition) is 0. The van der Waals surface area contributed by atoms with Gasteiger partial charge in [0.25, 0.3) is 5.19 Å². The van der Waals surface area contributed by atoms with E-state index in [4.69, 9.17) is 23.4 Å². The van der Waals surface area contributed by atoms with Gasteiger partial charge in [0.2, 0.25) is 4.96 Å². The number of piperidine rings is 1. The number of anilines is 1. The number of carbonyl (C=O) groups excluding carboxylic acids is 1. The average molecular weight is 563 g/mol. The van der Waals surface area contributed by atoms with E-state index >= 15 is 0 Å². The summed E-state index contributed by atoms with van der Waals surface area (Å²) in [6.07, 6.45) is 5.06. The number of esters is 1. The summed E-state index contributed by atoms with van der Waals surface area (Å²) in [7, 11) is 3.21. The largest absolute Gasteiger partial charge is 0.496 e. The fourth-order valence-electron chi connectivity index (χ4n) is 5.03. The summed E-state index contributed by atoms with van der Waals surface area (Å²) < 4.78 is 30.2. The Bertz CT molecular complexity index is 1610. The van der Waals surface area contributed by atoms with Crippen LogP contribution in [-0.2, 0) is 4.74 Å². The number of furan rings is 1. The monoisotopic (exact) mass is 562 g/mol. The zero-order valence-electron chi connectivity index (χ0n) is 22.6. The van der Waals surface area contributed by atoms with Crippen LogP contribution in [0.1, 0.15) is 36.5 Å². The molecule has 6 rings (SSSR count). The number of hydrogen-bond acceptors (Lipinski definition) is 10. The molecule has 3 aromatic heterocycles. The van der Waals surface area contributed by atoms with Crippen molar-refractivity contribution in [1.29, 1.82) is 0 Å². The summed E-state index contributed by atoms with van der Waals surface area (Å²) in [5.74, 6) is 1.65. The van der Waals surface area contributed by atoms with Crippen molar-refractivity contribution in [3.05, 3.63) is 54.2 Å². The van der Waals surface area contributed by atoms with E-state index in [2.05, 4.69) is 15.0 Å². The molecule has 0 bridgehead atoms. The van der Waals surface area contributed by atoms with Crippen molar-refractivity contribution >= 4 is 38.9 Å². The number of aromatic nitrogens is 3. The summed E-state index contributed by atoms with van der Waals surface area (Å²) in [4.78, 5) is 19.8. The van der Waals surface area contributed by atoms with Gasteiger partial charge in [-0.2, -0.15) is 0 Å². The van der Waals surface area contributed by atoms with Crippen LogP contribution in [0.3, 0.4) is 0 Å². The first-order valence-electron chi connectivity index (χ1n) is 13.2. The number of carbonyl (C=O) groups is 1. The van der Waals surface area contributed by atoms with Crippen molar-refractivity contribution in [3.63, 3.8) is 0 Å². The highest BCUT2D eigenvalue weighted by Gasteiger charge is 2.25. The van der Waals surface area contributed by atoms with Gasteiger partial charge in [0.15, 0.2) is 5.76 Å². The summed E-state index contributed by atoms with van der Waals surface area (Å²) in [6.45, 7) is 3.58. The second-order valence-corrected chi connectivity index (χ2v) is 10.4. The number of rotatable bonds is 9. The maximum absolute atomic E-state index is 12.1. The Hall–Kier alpha value is -4.25. The van der Waals surface area contributed by atoms with Crippen LogP contribution in [0, 0.1) is 0 Å². The van der Waals surface area contributed by atoms with Gasteiger partial charge < -0.3 is 28.3 Å². The van der Waals surface area contributed by atoms with Crippen molar-refractivity contribution in [2.24, 2.45) is 0 Å². The zero-order chi connectivity index (χ0) is 27.6. The van der Waals surface area contributed by atoms with E-state index < -0.39 is 0 Å². The van der Waals surface area contributed by atoms with Gasteiger partial charge >= 0.3 is 5.97 Å². The third kappa shape index (κ3) is 5.04. The predicted molar refractivity (Wildman–Crippen MR) is 152 cm³/mol. The summed E-state index contributed by atoms with van der Waals surface area (Å²) in [6, 6.07) is 13.5. The molecule has 0 saturated carbocycles. The number of nitrogens with zero attached hydrogens (tertiary/aromatic N) is 4. The van der Waals surface area contributed by atoms with E-state index in [1.165, 1.54) is 11.3 Å². The van der Waals surface area contributed by atoms with Crippen LogP contribution in [0.15, 0.2) is 53.1 Å². The number of imidazole rings is 1. The molecular weight excluding hydrogens is 532 g/mol. The minimum absolute atomic E-state index is 0.177. The Labute approximate surface area is 235 Å². The molecular formula is C29H30N4O6S. The lowest BCUT2D eigenvalue weighted by Gasteiger charge is -2.37. The number of methoxy groups -OCH3 is 2.